The largest absolute Gasteiger partial charge is 0.481 e. The van der Waals surface area contributed by atoms with Crippen LogP contribution in [0, 0.1) is 16.6 Å². The van der Waals surface area contributed by atoms with E-state index >= 15 is 4.39 Å². The quantitative estimate of drug-likeness (QED) is 0.346. The van der Waals surface area contributed by atoms with Crippen molar-refractivity contribution in [3.8, 4) is 0 Å². The first-order chi connectivity index (χ1) is 19.8. The van der Waals surface area contributed by atoms with E-state index in [1.54, 1.807) is 24.4 Å². The zero-order chi connectivity index (χ0) is 29.9. The molecule has 2 bridgehead atoms. The number of fused-ring (bicyclic) bond motifs is 6. The summed E-state index contributed by atoms with van der Waals surface area (Å²) in [5.74, 6) is -3.04. The predicted molar refractivity (Wildman–Crippen MR) is 155 cm³/mol. The lowest BCUT2D eigenvalue weighted by Gasteiger charge is -2.58. The molecule has 222 valence electrons. The fourth-order valence-electron chi connectivity index (χ4n) is 9.40. The van der Waals surface area contributed by atoms with Crippen LogP contribution in [0.2, 0.25) is 10.2 Å². The van der Waals surface area contributed by atoms with Gasteiger partial charge in [0.2, 0.25) is 11.8 Å². The summed E-state index contributed by atoms with van der Waals surface area (Å²) in [7, 11) is 0. The van der Waals surface area contributed by atoms with E-state index in [0.29, 0.717) is 62.6 Å². The lowest BCUT2D eigenvalue weighted by atomic mass is 9.46. The Bertz CT molecular complexity index is 1530. The Labute approximate surface area is 253 Å². The molecule has 42 heavy (non-hydrogen) atoms. The Hall–Kier alpha value is -2.75. The van der Waals surface area contributed by atoms with Crippen LogP contribution in [0.1, 0.15) is 82.3 Å². The second-order valence-corrected chi connectivity index (χ2v) is 14.8. The number of halogens is 3. The van der Waals surface area contributed by atoms with E-state index in [1.165, 1.54) is 6.07 Å². The van der Waals surface area contributed by atoms with Gasteiger partial charge in [0, 0.05) is 34.4 Å². The standard InChI is InChI=1S/C31H33Cl2FN4O4/c1-27(2)14-30(15-27)31(17-13-35-20(33)12-19(17)36-25(31)40)21(16-4-3-5-18(32)22(16)34)23(37-30)24(39)38-29-9-6-28(7-10-29,8-11-29)26(41)42/h3-5,12-13,21,23,37H,6-11,14-15H2,1-2H3,(H,36,40)(H,38,39)(H,41,42). The second-order valence-electron chi connectivity index (χ2n) is 14.0. The highest BCUT2D eigenvalue weighted by molar-refractivity contribution is 6.31. The summed E-state index contributed by atoms with van der Waals surface area (Å²) in [4.78, 5) is 45.2. The van der Waals surface area contributed by atoms with E-state index in [9.17, 15) is 19.5 Å². The van der Waals surface area contributed by atoms with Crippen LogP contribution in [0.25, 0.3) is 0 Å². The van der Waals surface area contributed by atoms with Crippen LogP contribution < -0.4 is 16.0 Å². The van der Waals surface area contributed by atoms with Crippen molar-refractivity contribution in [1.29, 1.82) is 0 Å². The van der Waals surface area contributed by atoms with E-state index in [1.807, 2.05) is 0 Å². The van der Waals surface area contributed by atoms with E-state index in [4.69, 9.17) is 23.2 Å². The number of hydrogen-bond donors (Lipinski definition) is 4. The van der Waals surface area contributed by atoms with Gasteiger partial charge in [0.1, 0.15) is 16.4 Å². The summed E-state index contributed by atoms with van der Waals surface area (Å²) in [6.45, 7) is 4.23. The van der Waals surface area contributed by atoms with Crippen LogP contribution >= 0.6 is 23.2 Å². The molecule has 0 radical (unpaired) electrons. The molecule has 4 saturated carbocycles. The summed E-state index contributed by atoms with van der Waals surface area (Å²) in [5, 5.41) is 19.9. The summed E-state index contributed by atoms with van der Waals surface area (Å²) in [6, 6.07) is 5.32. The zero-order valence-corrected chi connectivity index (χ0v) is 25.0. The SMILES string of the molecule is CC1(C)CC2(C1)NC(C(=O)NC13CCC(C(=O)O)(CC1)CC3)C(c1cccc(Cl)c1F)C21C(=O)Nc2cc(Cl)ncc21. The summed E-state index contributed by atoms with van der Waals surface area (Å²) >= 11 is 12.5. The van der Waals surface area contributed by atoms with Gasteiger partial charge in [-0.1, -0.05) is 49.2 Å². The molecule has 3 unspecified atom stereocenters. The van der Waals surface area contributed by atoms with Crippen molar-refractivity contribution in [1.82, 2.24) is 15.6 Å². The molecule has 5 fully saturated rings. The average molecular weight is 616 g/mol. The number of rotatable bonds is 4. The molecule has 2 aliphatic heterocycles. The van der Waals surface area contributed by atoms with Gasteiger partial charge in [0.05, 0.1) is 16.5 Å². The number of aliphatic carboxylic acids is 1. The summed E-state index contributed by atoms with van der Waals surface area (Å²) < 4.78 is 16.0. The number of benzene rings is 1. The number of anilines is 1. The number of hydrogen-bond acceptors (Lipinski definition) is 5. The highest BCUT2D eigenvalue weighted by Crippen LogP contribution is 2.68. The normalized spacial score (nSPS) is 35.1. The van der Waals surface area contributed by atoms with Crippen molar-refractivity contribution < 1.29 is 23.9 Å². The number of nitrogens with one attached hydrogen (secondary N) is 3. The highest BCUT2D eigenvalue weighted by Gasteiger charge is 2.77. The third-order valence-corrected chi connectivity index (χ3v) is 11.6. The smallest absolute Gasteiger partial charge is 0.309 e. The summed E-state index contributed by atoms with van der Waals surface area (Å²) in [5.41, 5.74) is -2.35. The maximum Gasteiger partial charge on any atom is 0.309 e. The van der Waals surface area contributed by atoms with Crippen molar-refractivity contribution in [2.45, 2.75) is 93.7 Å². The van der Waals surface area contributed by atoms with E-state index in [-0.39, 0.29) is 33.0 Å². The molecule has 8 rings (SSSR count). The molecule has 1 saturated heterocycles. The molecule has 11 heteroatoms. The molecule has 2 aromatic rings. The van der Waals surface area contributed by atoms with Crippen molar-refractivity contribution in [3.63, 3.8) is 0 Å². The van der Waals surface area contributed by atoms with Crippen molar-refractivity contribution in [2.75, 3.05) is 5.32 Å². The monoisotopic (exact) mass is 614 g/mol. The predicted octanol–water partition coefficient (Wildman–Crippen LogP) is 5.33. The van der Waals surface area contributed by atoms with E-state index in [2.05, 4.69) is 34.8 Å². The van der Waals surface area contributed by atoms with Gasteiger partial charge in [-0.05, 0) is 74.5 Å². The van der Waals surface area contributed by atoms with Crippen LogP contribution in [0.15, 0.2) is 30.5 Å². The topological polar surface area (TPSA) is 120 Å². The van der Waals surface area contributed by atoms with Crippen molar-refractivity contribution >= 4 is 46.7 Å². The van der Waals surface area contributed by atoms with Crippen LogP contribution in [0.3, 0.4) is 0 Å². The van der Waals surface area contributed by atoms with Gasteiger partial charge in [0.25, 0.3) is 0 Å². The van der Waals surface area contributed by atoms with Crippen LogP contribution in [0.5, 0.6) is 0 Å². The number of carbonyl (C=O) groups is 3. The van der Waals surface area contributed by atoms with Gasteiger partial charge >= 0.3 is 5.97 Å². The zero-order valence-electron chi connectivity index (χ0n) is 23.5. The molecule has 1 aromatic carbocycles. The van der Waals surface area contributed by atoms with E-state index in [0.717, 1.165) is 0 Å². The molecular weight excluding hydrogens is 582 g/mol. The van der Waals surface area contributed by atoms with Crippen molar-refractivity contribution in [2.24, 2.45) is 10.8 Å². The average Bonchev–Trinajstić information content (AvgIpc) is 3.38. The number of pyridine rings is 1. The minimum atomic E-state index is -1.36. The first-order valence-corrected chi connectivity index (χ1v) is 15.3. The molecule has 3 heterocycles. The first-order valence-electron chi connectivity index (χ1n) is 14.5. The lowest BCUT2D eigenvalue weighted by Crippen LogP contribution is -2.68. The number of amides is 2. The Kier molecular flexibility index (Phi) is 5.94. The highest BCUT2D eigenvalue weighted by atomic mass is 35.5. The van der Waals surface area contributed by atoms with Gasteiger partial charge in [-0.25, -0.2) is 9.37 Å². The molecule has 8 nitrogen and oxygen atoms in total. The third kappa shape index (κ3) is 3.62. The number of nitrogens with zero attached hydrogens (tertiary/aromatic N) is 1. The number of carbonyl (C=O) groups excluding carboxylic acids is 2. The molecule has 4 N–H and O–H groups in total. The van der Waals surface area contributed by atoms with Crippen LogP contribution in [0.4, 0.5) is 10.1 Å². The molecule has 6 aliphatic rings. The Morgan fingerprint density at radius 3 is 2.38 bits per heavy atom. The summed E-state index contributed by atoms with van der Waals surface area (Å²) in [6.07, 6.45) is 5.89. The van der Waals surface area contributed by atoms with Gasteiger partial charge in [-0.2, -0.15) is 0 Å². The number of carboxylic acid groups (broad SMARTS) is 1. The fraction of sp³-hybridized carbons (Fsp3) is 0.548. The van der Waals surface area contributed by atoms with Gasteiger partial charge in [-0.15, -0.1) is 0 Å². The second kappa shape index (κ2) is 8.89. The molecule has 4 aliphatic carbocycles. The Balaban J connectivity index is 1.36. The van der Waals surface area contributed by atoms with Crippen LogP contribution in [-0.2, 0) is 19.8 Å². The molecular formula is C31H33Cl2FN4O4. The molecule has 2 spiro atoms. The van der Waals surface area contributed by atoms with E-state index < -0.39 is 45.7 Å². The maximum atomic E-state index is 16.0. The van der Waals surface area contributed by atoms with Gasteiger partial charge < -0.3 is 15.7 Å². The maximum absolute atomic E-state index is 16.0. The van der Waals surface area contributed by atoms with Crippen LogP contribution in [-0.4, -0.2) is 45.0 Å². The van der Waals surface area contributed by atoms with Gasteiger partial charge in [0.15, 0.2) is 0 Å². The van der Waals surface area contributed by atoms with Gasteiger partial charge in [-0.3, -0.25) is 19.7 Å². The fourth-order valence-corrected chi connectivity index (χ4v) is 9.74. The minimum Gasteiger partial charge on any atom is -0.481 e. The number of carboxylic acids is 1. The molecule has 2 amide bonds. The Morgan fingerprint density at radius 1 is 1.10 bits per heavy atom. The molecule has 3 atom stereocenters. The molecule has 1 aromatic heterocycles. The number of aromatic nitrogens is 1. The minimum absolute atomic E-state index is 0.0901. The first kappa shape index (κ1) is 28.0. The lowest BCUT2D eigenvalue weighted by molar-refractivity contribution is -0.157. The third-order valence-electron chi connectivity index (χ3n) is 11.1. The van der Waals surface area contributed by atoms with Crippen molar-refractivity contribution in [3.05, 3.63) is 57.6 Å². The Morgan fingerprint density at radius 2 is 1.76 bits per heavy atom.